The monoisotopic (exact) mass is 510 g/mol. The summed E-state index contributed by atoms with van der Waals surface area (Å²) in [5.74, 6) is -0.694. The Kier molecular flexibility index (Phi) is 11.0. The topological polar surface area (TPSA) is 49.4 Å². The minimum absolute atomic E-state index is 0.0864. The van der Waals surface area contributed by atoms with Crippen molar-refractivity contribution in [2.75, 3.05) is 12.3 Å². The third kappa shape index (κ3) is 8.48. The van der Waals surface area contributed by atoms with E-state index in [4.69, 9.17) is 0 Å². The summed E-state index contributed by atoms with van der Waals surface area (Å²) in [6.07, 6.45) is 2.13. The quantitative estimate of drug-likeness (QED) is 0.298. The lowest BCUT2D eigenvalue weighted by molar-refractivity contribution is -0.139. The number of rotatable bonds is 13. The van der Waals surface area contributed by atoms with E-state index in [1.165, 1.54) is 30.0 Å². The molecule has 3 aromatic rings. The van der Waals surface area contributed by atoms with Gasteiger partial charge >= 0.3 is 0 Å². The standard InChI is InChI=1S/C29H32F2N2O2S/c1-2-3-17-32-29(35)27(18-22-9-5-4-6-10-22)33(19-23-13-15-25(30)16-14-23)28(34)21-36-20-24-11-7-8-12-26(24)31/h4-16,27H,2-3,17-21H2,1H3,(H,32,35)/t27-/m0/s1. The van der Waals surface area contributed by atoms with Gasteiger partial charge in [-0.25, -0.2) is 8.78 Å². The van der Waals surface area contributed by atoms with Crippen molar-refractivity contribution in [2.45, 2.75) is 44.5 Å². The van der Waals surface area contributed by atoms with Gasteiger partial charge in [-0.05, 0) is 41.3 Å². The van der Waals surface area contributed by atoms with Gasteiger partial charge in [0.1, 0.15) is 17.7 Å². The van der Waals surface area contributed by atoms with Crippen LogP contribution >= 0.6 is 11.8 Å². The normalized spacial score (nSPS) is 11.6. The first-order valence-electron chi connectivity index (χ1n) is 12.1. The van der Waals surface area contributed by atoms with Crippen LogP contribution in [0.4, 0.5) is 8.78 Å². The van der Waals surface area contributed by atoms with Gasteiger partial charge in [0.2, 0.25) is 11.8 Å². The van der Waals surface area contributed by atoms with Crippen molar-refractivity contribution in [3.63, 3.8) is 0 Å². The molecule has 0 aromatic heterocycles. The molecule has 7 heteroatoms. The molecular formula is C29H32F2N2O2S. The molecule has 0 radical (unpaired) electrons. The van der Waals surface area contributed by atoms with Crippen molar-refractivity contribution in [2.24, 2.45) is 0 Å². The Morgan fingerprint density at radius 2 is 1.61 bits per heavy atom. The van der Waals surface area contributed by atoms with E-state index in [-0.39, 0.29) is 35.7 Å². The summed E-state index contributed by atoms with van der Waals surface area (Å²) in [4.78, 5) is 28.4. The van der Waals surface area contributed by atoms with Crippen LogP contribution in [0.5, 0.6) is 0 Å². The van der Waals surface area contributed by atoms with Crippen molar-refractivity contribution in [1.29, 1.82) is 0 Å². The molecule has 1 N–H and O–H groups in total. The zero-order valence-corrected chi connectivity index (χ0v) is 21.3. The van der Waals surface area contributed by atoms with Gasteiger partial charge in [0, 0.05) is 25.3 Å². The van der Waals surface area contributed by atoms with E-state index in [0.29, 0.717) is 24.3 Å². The molecule has 0 saturated heterocycles. The molecule has 0 saturated carbocycles. The summed E-state index contributed by atoms with van der Waals surface area (Å²) < 4.78 is 27.5. The van der Waals surface area contributed by atoms with E-state index in [1.807, 2.05) is 37.3 Å². The Bertz CT molecular complexity index is 1110. The van der Waals surface area contributed by atoms with Gasteiger partial charge in [0.15, 0.2) is 0 Å². The van der Waals surface area contributed by atoms with Crippen LogP contribution < -0.4 is 5.32 Å². The molecule has 3 aromatic carbocycles. The first kappa shape index (κ1) is 27.4. The van der Waals surface area contributed by atoms with Crippen LogP contribution in [-0.4, -0.2) is 35.1 Å². The molecule has 4 nitrogen and oxygen atoms in total. The highest BCUT2D eigenvalue weighted by Gasteiger charge is 2.30. The van der Waals surface area contributed by atoms with Gasteiger partial charge < -0.3 is 10.2 Å². The second-order valence-electron chi connectivity index (χ2n) is 8.58. The van der Waals surface area contributed by atoms with Crippen LogP contribution in [0.2, 0.25) is 0 Å². The summed E-state index contributed by atoms with van der Waals surface area (Å²) >= 11 is 1.30. The molecule has 2 amide bonds. The molecule has 0 spiro atoms. The van der Waals surface area contributed by atoms with Gasteiger partial charge in [-0.3, -0.25) is 9.59 Å². The largest absolute Gasteiger partial charge is 0.354 e. The van der Waals surface area contributed by atoms with Gasteiger partial charge in [-0.1, -0.05) is 74.0 Å². The second-order valence-corrected chi connectivity index (χ2v) is 9.57. The third-order valence-electron chi connectivity index (χ3n) is 5.81. The second kappa shape index (κ2) is 14.4. The highest BCUT2D eigenvalue weighted by atomic mass is 32.2. The van der Waals surface area contributed by atoms with Crippen molar-refractivity contribution in [3.8, 4) is 0 Å². The number of amides is 2. The van der Waals surface area contributed by atoms with Crippen molar-refractivity contribution >= 4 is 23.6 Å². The average Bonchev–Trinajstić information content (AvgIpc) is 2.89. The Morgan fingerprint density at radius 3 is 2.31 bits per heavy atom. The Balaban J connectivity index is 1.83. The summed E-state index contributed by atoms with van der Waals surface area (Å²) in [7, 11) is 0. The molecule has 0 bridgehead atoms. The molecule has 36 heavy (non-hydrogen) atoms. The van der Waals surface area contributed by atoms with E-state index in [9.17, 15) is 18.4 Å². The number of thioether (sulfide) groups is 1. The molecule has 0 aliphatic heterocycles. The van der Waals surface area contributed by atoms with Crippen LogP contribution in [0, 0.1) is 11.6 Å². The fourth-order valence-corrected chi connectivity index (χ4v) is 4.69. The van der Waals surface area contributed by atoms with Gasteiger partial charge in [-0.2, -0.15) is 0 Å². The molecule has 0 heterocycles. The zero-order chi connectivity index (χ0) is 25.8. The number of carbonyl (C=O) groups is 2. The Hall–Kier alpha value is -3.19. The maximum absolute atomic E-state index is 14.0. The number of unbranched alkanes of at least 4 members (excludes halogenated alkanes) is 1. The predicted octanol–water partition coefficient (Wildman–Crippen LogP) is 5.75. The smallest absolute Gasteiger partial charge is 0.243 e. The maximum Gasteiger partial charge on any atom is 0.243 e. The van der Waals surface area contributed by atoms with Crippen LogP contribution in [0.15, 0.2) is 78.9 Å². The minimum Gasteiger partial charge on any atom is -0.354 e. The Labute approximate surface area is 216 Å². The van der Waals surface area contributed by atoms with Crippen LogP contribution in [0.3, 0.4) is 0 Å². The third-order valence-corrected chi connectivity index (χ3v) is 6.77. The summed E-state index contributed by atoms with van der Waals surface area (Å²) in [5.41, 5.74) is 2.19. The lowest BCUT2D eigenvalue weighted by atomic mass is 10.0. The molecular weight excluding hydrogens is 478 g/mol. The lowest BCUT2D eigenvalue weighted by Crippen LogP contribution is -2.51. The van der Waals surface area contributed by atoms with Gasteiger partial charge in [0.05, 0.1) is 5.75 Å². The fourth-order valence-electron chi connectivity index (χ4n) is 3.79. The predicted molar refractivity (Wildman–Crippen MR) is 141 cm³/mol. The molecule has 0 aliphatic rings. The minimum atomic E-state index is -0.740. The SMILES string of the molecule is CCCCNC(=O)[C@H](Cc1ccccc1)N(Cc1ccc(F)cc1)C(=O)CSCc1ccccc1F. The van der Waals surface area contributed by atoms with Crippen molar-refractivity contribution < 1.29 is 18.4 Å². The lowest BCUT2D eigenvalue weighted by Gasteiger charge is -2.31. The molecule has 0 fully saturated rings. The van der Waals surface area contributed by atoms with Gasteiger partial charge in [0.25, 0.3) is 0 Å². The number of halogens is 2. The first-order valence-corrected chi connectivity index (χ1v) is 13.3. The summed E-state index contributed by atoms with van der Waals surface area (Å²) in [5, 5.41) is 2.97. The molecule has 3 rings (SSSR count). The number of nitrogens with zero attached hydrogens (tertiary/aromatic N) is 1. The van der Waals surface area contributed by atoms with Gasteiger partial charge in [-0.15, -0.1) is 11.8 Å². The van der Waals surface area contributed by atoms with E-state index < -0.39 is 6.04 Å². The Morgan fingerprint density at radius 1 is 0.917 bits per heavy atom. The van der Waals surface area contributed by atoms with Crippen LogP contribution in [0.1, 0.15) is 36.5 Å². The first-order chi connectivity index (χ1) is 17.5. The zero-order valence-electron chi connectivity index (χ0n) is 20.5. The summed E-state index contributed by atoms with van der Waals surface area (Å²) in [6, 6.07) is 21.2. The number of hydrogen-bond donors (Lipinski definition) is 1. The summed E-state index contributed by atoms with van der Waals surface area (Å²) in [6.45, 7) is 2.74. The highest BCUT2D eigenvalue weighted by molar-refractivity contribution is 7.99. The number of nitrogens with one attached hydrogen (secondary N) is 1. The fraction of sp³-hybridized carbons (Fsp3) is 0.310. The molecule has 1 atom stereocenters. The molecule has 0 aliphatic carbocycles. The van der Waals surface area contributed by atoms with E-state index >= 15 is 0 Å². The molecule has 190 valence electrons. The highest BCUT2D eigenvalue weighted by Crippen LogP contribution is 2.20. The number of benzene rings is 3. The average molecular weight is 511 g/mol. The van der Waals surface area contributed by atoms with Crippen LogP contribution in [0.25, 0.3) is 0 Å². The van der Waals surface area contributed by atoms with E-state index in [0.717, 1.165) is 24.0 Å². The van der Waals surface area contributed by atoms with E-state index in [2.05, 4.69) is 5.32 Å². The molecule has 0 unspecified atom stereocenters. The van der Waals surface area contributed by atoms with Crippen LogP contribution in [-0.2, 0) is 28.3 Å². The van der Waals surface area contributed by atoms with E-state index in [1.54, 1.807) is 35.2 Å². The maximum atomic E-state index is 14.0. The van der Waals surface area contributed by atoms with Crippen molar-refractivity contribution in [3.05, 3.63) is 107 Å². The number of hydrogen-bond acceptors (Lipinski definition) is 3. The number of carbonyl (C=O) groups excluding carboxylic acids is 2. The van der Waals surface area contributed by atoms with Crippen molar-refractivity contribution in [1.82, 2.24) is 10.2 Å².